The highest BCUT2D eigenvalue weighted by molar-refractivity contribution is 5.14. The molecular weight excluding hydrogens is 277 g/mol. The first-order valence-corrected chi connectivity index (χ1v) is 7.59. The molecule has 118 valence electrons. The van der Waals surface area contributed by atoms with Gasteiger partial charge in [-0.15, -0.1) is 0 Å². The number of likely N-dealkylation sites (tertiary alicyclic amines) is 1. The van der Waals surface area contributed by atoms with Crippen molar-refractivity contribution in [3.8, 4) is 0 Å². The average molecular weight is 300 g/mol. The molecule has 0 aliphatic carbocycles. The van der Waals surface area contributed by atoms with Gasteiger partial charge in [-0.25, -0.2) is 0 Å². The van der Waals surface area contributed by atoms with Crippen molar-refractivity contribution in [1.82, 2.24) is 10.2 Å². The zero-order valence-electron chi connectivity index (χ0n) is 12.2. The molecule has 0 radical (unpaired) electrons. The third-order valence-electron chi connectivity index (χ3n) is 3.82. The van der Waals surface area contributed by atoms with Crippen LogP contribution in [-0.2, 0) is 6.54 Å². The van der Waals surface area contributed by atoms with E-state index in [1.54, 1.807) is 0 Å². The van der Waals surface area contributed by atoms with Crippen LogP contribution < -0.4 is 5.32 Å². The molecule has 21 heavy (non-hydrogen) atoms. The van der Waals surface area contributed by atoms with Gasteiger partial charge in [0.2, 0.25) is 0 Å². The molecule has 1 saturated heterocycles. The standard InChI is InChI=1S/C16H23F3N2/c17-16(18,19)9-5-10-20-15-8-4-11-21(13-15)12-14-6-2-1-3-7-14/h1-3,6-7,15,20H,4-5,8-13H2. The van der Waals surface area contributed by atoms with E-state index in [0.717, 1.165) is 32.5 Å². The maximum absolute atomic E-state index is 12.1. The van der Waals surface area contributed by atoms with Crippen molar-refractivity contribution in [2.45, 2.75) is 44.4 Å². The number of hydrogen-bond donors (Lipinski definition) is 1. The number of nitrogens with zero attached hydrogens (tertiary/aromatic N) is 1. The first kappa shape index (κ1) is 16.3. The van der Waals surface area contributed by atoms with Crippen LogP contribution in [0, 0.1) is 0 Å². The summed E-state index contributed by atoms with van der Waals surface area (Å²) in [5.74, 6) is 0. The van der Waals surface area contributed by atoms with Crippen LogP contribution in [0.25, 0.3) is 0 Å². The lowest BCUT2D eigenvalue weighted by Gasteiger charge is -2.33. The first-order chi connectivity index (χ1) is 10.0. The summed E-state index contributed by atoms with van der Waals surface area (Å²) in [4.78, 5) is 2.38. The second-order valence-corrected chi connectivity index (χ2v) is 5.73. The van der Waals surface area contributed by atoms with E-state index >= 15 is 0 Å². The van der Waals surface area contributed by atoms with E-state index in [1.807, 2.05) is 18.2 Å². The van der Waals surface area contributed by atoms with Crippen molar-refractivity contribution in [3.63, 3.8) is 0 Å². The summed E-state index contributed by atoms with van der Waals surface area (Å²) in [5.41, 5.74) is 1.29. The minimum atomic E-state index is -4.03. The van der Waals surface area contributed by atoms with E-state index in [9.17, 15) is 13.2 Å². The summed E-state index contributed by atoms with van der Waals surface area (Å²) in [5, 5.41) is 3.27. The van der Waals surface area contributed by atoms with Crippen LogP contribution in [0.2, 0.25) is 0 Å². The van der Waals surface area contributed by atoms with Crippen LogP contribution in [-0.4, -0.2) is 36.8 Å². The van der Waals surface area contributed by atoms with E-state index in [-0.39, 0.29) is 6.42 Å². The van der Waals surface area contributed by atoms with E-state index in [2.05, 4.69) is 22.3 Å². The second kappa shape index (κ2) is 7.80. The molecule has 1 atom stereocenters. The highest BCUT2D eigenvalue weighted by atomic mass is 19.4. The first-order valence-electron chi connectivity index (χ1n) is 7.59. The fourth-order valence-corrected chi connectivity index (χ4v) is 2.80. The molecule has 2 nitrogen and oxygen atoms in total. The Balaban J connectivity index is 1.69. The topological polar surface area (TPSA) is 15.3 Å². The van der Waals surface area contributed by atoms with Crippen molar-refractivity contribution in [3.05, 3.63) is 35.9 Å². The lowest BCUT2D eigenvalue weighted by atomic mass is 10.0. The van der Waals surface area contributed by atoms with Crippen LogP contribution >= 0.6 is 0 Å². The van der Waals surface area contributed by atoms with Crippen LogP contribution in [0.15, 0.2) is 30.3 Å². The van der Waals surface area contributed by atoms with Crippen LogP contribution in [0.3, 0.4) is 0 Å². The molecular formula is C16H23F3N2. The summed E-state index contributed by atoms with van der Waals surface area (Å²) in [7, 11) is 0. The van der Waals surface area contributed by atoms with Crippen LogP contribution in [0.5, 0.6) is 0 Å². The highest BCUT2D eigenvalue weighted by Crippen LogP contribution is 2.21. The Hall–Kier alpha value is -1.07. The van der Waals surface area contributed by atoms with E-state index in [1.165, 1.54) is 5.56 Å². The smallest absolute Gasteiger partial charge is 0.313 e. The lowest BCUT2D eigenvalue weighted by Crippen LogP contribution is -2.45. The maximum Gasteiger partial charge on any atom is 0.389 e. The summed E-state index contributed by atoms with van der Waals surface area (Å²) in [6, 6.07) is 10.6. The van der Waals surface area contributed by atoms with Gasteiger partial charge in [-0.1, -0.05) is 30.3 Å². The Labute approximate surface area is 124 Å². The van der Waals surface area contributed by atoms with Gasteiger partial charge in [-0.2, -0.15) is 13.2 Å². The Kier molecular flexibility index (Phi) is 6.06. The van der Waals surface area contributed by atoms with Crippen molar-refractivity contribution in [2.24, 2.45) is 0 Å². The predicted molar refractivity (Wildman–Crippen MR) is 78.0 cm³/mol. The zero-order valence-corrected chi connectivity index (χ0v) is 12.2. The third kappa shape index (κ3) is 6.48. The monoisotopic (exact) mass is 300 g/mol. The highest BCUT2D eigenvalue weighted by Gasteiger charge is 2.26. The molecule has 0 aromatic heterocycles. The maximum atomic E-state index is 12.1. The molecule has 0 bridgehead atoms. The van der Waals surface area contributed by atoms with Gasteiger partial charge in [0.15, 0.2) is 0 Å². The third-order valence-corrected chi connectivity index (χ3v) is 3.82. The molecule has 1 aromatic rings. The van der Waals surface area contributed by atoms with Crippen molar-refractivity contribution >= 4 is 0 Å². The molecule has 1 heterocycles. The van der Waals surface area contributed by atoms with Gasteiger partial charge in [-0.3, -0.25) is 4.90 Å². The van der Waals surface area contributed by atoms with Crippen molar-refractivity contribution in [1.29, 1.82) is 0 Å². The number of alkyl halides is 3. The van der Waals surface area contributed by atoms with Gasteiger partial charge >= 0.3 is 6.18 Å². The lowest BCUT2D eigenvalue weighted by molar-refractivity contribution is -0.135. The van der Waals surface area contributed by atoms with E-state index in [4.69, 9.17) is 0 Å². The Bertz CT molecular complexity index is 406. The van der Waals surface area contributed by atoms with Crippen molar-refractivity contribution in [2.75, 3.05) is 19.6 Å². The van der Waals surface area contributed by atoms with Gasteiger partial charge in [0.05, 0.1) is 0 Å². The molecule has 1 aliphatic heterocycles. The van der Waals surface area contributed by atoms with Crippen LogP contribution in [0.1, 0.15) is 31.2 Å². The Morgan fingerprint density at radius 1 is 1.19 bits per heavy atom. The van der Waals surface area contributed by atoms with E-state index in [0.29, 0.717) is 12.6 Å². The molecule has 0 spiro atoms. The SMILES string of the molecule is FC(F)(F)CCCNC1CCCN(Cc2ccccc2)C1. The quantitative estimate of drug-likeness (QED) is 0.808. The van der Waals surface area contributed by atoms with Gasteiger partial charge in [0.25, 0.3) is 0 Å². The Morgan fingerprint density at radius 2 is 1.95 bits per heavy atom. The number of halogens is 3. The van der Waals surface area contributed by atoms with Crippen LogP contribution in [0.4, 0.5) is 13.2 Å². The summed E-state index contributed by atoms with van der Waals surface area (Å²) in [6.07, 6.45) is -2.41. The predicted octanol–water partition coefficient (Wildman–Crippen LogP) is 3.58. The number of benzene rings is 1. The molecule has 1 aliphatic rings. The molecule has 5 heteroatoms. The van der Waals surface area contributed by atoms with Crippen molar-refractivity contribution < 1.29 is 13.2 Å². The minimum Gasteiger partial charge on any atom is -0.313 e. The molecule has 2 rings (SSSR count). The molecule has 0 saturated carbocycles. The largest absolute Gasteiger partial charge is 0.389 e. The van der Waals surface area contributed by atoms with Gasteiger partial charge < -0.3 is 5.32 Å². The number of rotatable bonds is 6. The average Bonchev–Trinajstić information content (AvgIpc) is 2.44. The van der Waals surface area contributed by atoms with Gasteiger partial charge in [0, 0.05) is 25.6 Å². The van der Waals surface area contributed by atoms with E-state index < -0.39 is 12.6 Å². The Morgan fingerprint density at radius 3 is 2.67 bits per heavy atom. The molecule has 0 amide bonds. The minimum absolute atomic E-state index is 0.165. The molecule has 1 N–H and O–H groups in total. The normalized spacial score (nSPS) is 20.6. The summed E-state index contributed by atoms with van der Waals surface area (Å²) < 4.78 is 36.3. The number of nitrogens with one attached hydrogen (secondary N) is 1. The molecule has 1 aromatic carbocycles. The molecule has 1 unspecified atom stereocenters. The van der Waals surface area contributed by atoms with Gasteiger partial charge in [-0.05, 0) is 37.9 Å². The fraction of sp³-hybridized carbons (Fsp3) is 0.625. The summed E-state index contributed by atoms with van der Waals surface area (Å²) in [6.45, 7) is 3.35. The fourth-order valence-electron chi connectivity index (χ4n) is 2.80. The number of piperidine rings is 1. The zero-order chi connectivity index (χ0) is 15.1. The molecule has 1 fully saturated rings. The second-order valence-electron chi connectivity index (χ2n) is 5.73. The van der Waals surface area contributed by atoms with Gasteiger partial charge in [0.1, 0.15) is 0 Å². The summed E-state index contributed by atoms with van der Waals surface area (Å²) >= 11 is 0. The number of hydrogen-bond acceptors (Lipinski definition) is 2.